The van der Waals surface area contributed by atoms with E-state index in [4.69, 9.17) is 19.3 Å². The van der Waals surface area contributed by atoms with Crippen LogP contribution in [-0.2, 0) is 6.54 Å². The summed E-state index contributed by atoms with van der Waals surface area (Å²) < 4.78 is 16.2. The molecule has 0 aromatic heterocycles. The molecule has 0 bridgehead atoms. The molecule has 5 nitrogen and oxygen atoms in total. The van der Waals surface area contributed by atoms with Crippen LogP contribution >= 0.6 is 0 Å². The molecule has 0 amide bonds. The average molecular weight is 267 g/mol. The summed E-state index contributed by atoms with van der Waals surface area (Å²) in [4.78, 5) is 0. The Labute approximate surface area is 113 Å². The molecule has 1 aliphatic rings. The summed E-state index contributed by atoms with van der Waals surface area (Å²) in [6.07, 6.45) is 0. The summed E-state index contributed by atoms with van der Waals surface area (Å²) in [5.74, 6) is 2.77. The molecule has 0 aliphatic carbocycles. The fourth-order valence-corrected chi connectivity index (χ4v) is 1.89. The van der Waals surface area contributed by atoms with Gasteiger partial charge in [-0.1, -0.05) is 13.8 Å². The van der Waals surface area contributed by atoms with Crippen molar-refractivity contribution in [1.82, 2.24) is 5.32 Å². The summed E-state index contributed by atoms with van der Waals surface area (Å²) in [5.41, 5.74) is 1.01. The van der Waals surface area contributed by atoms with Gasteiger partial charge in [0.1, 0.15) is 12.4 Å². The SMILES string of the molecule is CC(C)CNCc1cc2c(cc1OCCO)OCO2. The molecule has 0 saturated heterocycles. The van der Waals surface area contributed by atoms with Gasteiger partial charge in [-0.15, -0.1) is 0 Å². The monoisotopic (exact) mass is 267 g/mol. The van der Waals surface area contributed by atoms with E-state index in [0.717, 1.165) is 23.6 Å². The minimum absolute atomic E-state index is 0.00664. The lowest BCUT2D eigenvalue weighted by atomic mass is 10.1. The number of aliphatic hydroxyl groups excluding tert-OH is 1. The van der Waals surface area contributed by atoms with Crippen molar-refractivity contribution in [2.24, 2.45) is 5.92 Å². The summed E-state index contributed by atoms with van der Waals surface area (Å²) in [5, 5.41) is 12.2. The van der Waals surface area contributed by atoms with Crippen LogP contribution in [0.4, 0.5) is 0 Å². The van der Waals surface area contributed by atoms with E-state index in [1.165, 1.54) is 0 Å². The predicted molar refractivity (Wildman–Crippen MR) is 71.7 cm³/mol. The molecule has 5 heteroatoms. The van der Waals surface area contributed by atoms with Crippen molar-refractivity contribution in [2.75, 3.05) is 26.6 Å². The van der Waals surface area contributed by atoms with Gasteiger partial charge in [0, 0.05) is 18.2 Å². The highest BCUT2D eigenvalue weighted by molar-refractivity contribution is 5.51. The van der Waals surface area contributed by atoms with Gasteiger partial charge in [0.25, 0.3) is 0 Å². The maximum Gasteiger partial charge on any atom is 0.231 e. The molecular weight excluding hydrogens is 246 g/mol. The van der Waals surface area contributed by atoms with Crippen molar-refractivity contribution in [3.63, 3.8) is 0 Å². The Bertz CT molecular complexity index is 420. The predicted octanol–water partition coefficient (Wildman–Crippen LogP) is 1.53. The van der Waals surface area contributed by atoms with Gasteiger partial charge in [-0.3, -0.25) is 0 Å². The lowest BCUT2D eigenvalue weighted by Crippen LogP contribution is -2.19. The summed E-state index contributed by atoms with van der Waals surface area (Å²) >= 11 is 0. The van der Waals surface area contributed by atoms with Crippen molar-refractivity contribution in [2.45, 2.75) is 20.4 Å². The number of fused-ring (bicyclic) bond motifs is 1. The zero-order valence-corrected chi connectivity index (χ0v) is 11.4. The Balaban J connectivity index is 2.09. The Morgan fingerprint density at radius 2 is 2.05 bits per heavy atom. The quantitative estimate of drug-likeness (QED) is 0.784. The third-order valence-corrected chi connectivity index (χ3v) is 2.77. The molecule has 106 valence electrons. The molecule has 0 radical (unpaired) electrons. The second kappa shape index (κ2) is 6.63. The molecule has 0 saturated carbocycles. The van der Waals surface area contributed by atoms with Crippen LogP contribution in [-0.4, -0.2) is 31.7 Å². The Morgan fingerprint density at radius 3 is 2.74 bits per heavy atom. The summed E-state index contributed by atoms with van der Waals surface area (Å²) in [6.45, 7) is 6.48. The van der Waals surface area contributed by atoms with E-state index in [0.29, 0.717) is 18.2 Å². The van der Waals surface area contributed by atoms with Crippen LogP contribution in [0.2, 0.25) is 0 Å². The molecule has 2 N–H and O–H groups in total. The van der Waals surface area contributed by atoms with E-state index in [-0.39, 0.29) is 20.0 Å². The normalized spacial score (nSPS) is 13.1. The first kappa shape index (κ1) is 14.0. The van der Waals surface area contributed by atoms with E-state index >= 15 is 0 Å². The van der Waals surface area contributed by atoms with E-state index in [9.17, 15) is 0 Å². The third kappa shape index (κ3) is 3.75. The van der Waals surface area contributed by atoms with Crippen molar-refractivity contribution in [1.29, 1.82) is 0 Å². The zero-order chi connectivity index (χ0) is 13.7. The largest absolute Gasteiger partial charge is 0.491 e. The highest BCUT2D eigenvalue weighted by Gasteiger charge is 2.18. The number of aliphatic hydroxyl groups is 1. The van der Waals surface area contributed by atoms with Crippen LogP contribution < -0.4 is 19.5 Å². The molecule has 0 unspecified atom stereocenters. The molecule has 1 aromatic rings. The fraction of sp³-hybridized carbons (Fsp3) is 0.571. The van der Waals surface area contributed by atoms with Crippen LogP contribution in [0.1, 0.15) is 19.4 Å². The van der Waals surface area contributed by atoms with Crippen molar-refractivity contribution >= 4 is 0 Å². The zero-order valence-electron chi connectivity index (χ0n) is 11.4. The Kier molecular flexibility index (Phi) is 4.87. The van der Waals surface area contributed by atoms with Gasteiger partial charge in [-0.05, 0) is 18.5 Å². The van der Waals surface area contributed by atoms with Crippen molar-refractivity contribution in [3.8, 4) is 17.2 Å². The van der Waals surface area contributed by atoms with Gasteiger partial charge in [-0.2, -0.15) is 0 Å². The van der Waals surface area contributed by atoms with E-state index in [1.807, 2.05) is 12.1 Å². The van der Waals surface area contributed by atoms with E-state index in [2.05, 4.69) is 19.2 Å². The van der Waals surface area contributed by atoms with Gasteiger partial charge in [0.2, 0.25) is 6.79 Å². The Hall–Kier alpha value is -1.46. The van der Waals surface area contributed by atoms with Crippen LogP contribution in [0, 0.1) is 5.92 Å². The number of nitrogens with one attached hydrogen (secondary N) is 1. The number of hydrogen-bond acceptors (Lipinski definition) is 5. The topological polar surface area (TPSA) is 60.0 Å². The van der Waals surface area contributed by atoms with Gasteiger partial charge >= 0.3 is 0 Å². The third-order valence-electron chi connectivity index (χ3n) is 2.77. The second-order valence-corrected chi connectivity index (χ2v) is 4.91. The molecule has 0 fully saturated rings. The first-order valence-corrected chi connectivity index (χ1v) is 6.57. The van der Waals surface area contributed by atoms with Crippen molar-refractivity contribution in [3.05, 3.63) is 17.7 Å². The summed E-state index contributed by atoms with van der Waals surface area (Å²) in [7, 11) is 0. The lowest BCUT2D eigenvalue weighted by molar-refractivity contribution is 0.173. The number of ether oxygens (including phenoxy) is 3. The molecule has 2 rings (SSSR count). The van der Waals surface area contributed by atoms with Crippen LogP contribution in [0.3, 0.4) is 0 Å². The minimum atomic E-state index is -0.00664. The highest BCUT2D eigenvalue weighted by atomic mass is 16.7. The average Bonchev–Trinajstić information content (AvgIpc) is 2.82. The first-order valence-electron chi connectivity index (χ1n) is 6.57. The van der Waals surface area contributed by atoms with Crippen LogP contribution in [0.15, 0.2) is 12.1 Å². The minimum Gasteiger partial charge on any atom is -0.491 e. The standard InChI is InChI=1S/C14H21NO4/c1-10(2)7-15-8-11-5-13-14(19-9-18-13)6-12(11)17-4-3-16/h5-6,10,15-16H,3-4,7-9H2,1-2H3. The number of benzene rings is 1. The highest BCUT2D eigenvalue weighted by Crippen LogP contribution is 2.38. The Morgan fingerprint density at radius 1 is 1.32 bits per heavy atom. The maximum absolute atomic E-state index is 8.86. The van der Waals surface area contributed by atoms with E-state index in [1.54, 1.807) is 0 Å². The van der Waals surface area contributed by atoms with Gasteiger partial charge in [0.05, 0.1) is 6.61 Å². The van der Waals surface area contributed by atoms with Gasteiger partial charge in [-0.25, -0.2) is 0 Å². The molecular formula is C14H21NO4. The maximum atomic E-state index is 8.86. The molecule has 0 spiro atoms. The van der Waals surface area contributed by atoms with E-state index < -0.39 is 0 Å². The first-order chi connectivity index (χ1) is 9.20. The van der Waals surface area contributed by atoms with Gasteiger partial charge < -0.3 is 24.6 Å². The number of hydrogen-bond donors (Lipinski definition) is 2. The molecule has 1 aromatic carbocycles. The van der Waals surface area contributed by atoms with Gasteiger partial charge in [0.15, 0.2) is 11.5 Å². The number of rotatable bonds is 7. The molecule has 1 aliphatic heterocycles. The smallest absolute Gasteiger partial charge is 0.231 e. The molecule has 0 atom stereocenters. The second-order valence-electron chi connectivity index (χ2n) is 4.91. The summed E-state index contributed by atoms with van der Waals surface area (Å²) in [6, 6.07) is 3.76. The van der Waals surface area contributed by atoms with Crippen LogP contribution in [0.5, 0.6) is 17.2 Å². The molecule has 19 heavy (non-hydrogen) atoms. The fourth-order valence-electron chi connectivity index (χ4n) is 1.89. The van der Waals surface area contributed by atoms with Crippen LogP contribution in [0.25, 0.3) is 0 Å². The lowest BCUT2D eigenvalue weighted by Gasteiger charge is -2.13. The van der Waals surface area contributed by atoms with Crippen molar-refractivity contribution < 1.29 is 19.3 Å². The molecule has 1 heterocycles.